The van der Waals surface area contributed by atoms with Gasteiger partial charge in [0.15, 0.2) is 0 Å². The number of hydrogen-bond acceptors (Lipinski definition) is 3. The number of imide groups is 1. The molecule has 5 nitrogen and oxygen atoms in total. The molecule has 4 aliphatic rings. The van der Waals surface area contributed by atoms with E-state index in [1.54, 1.807) is 24.3 Å². The van der Waals surface area contributed by atoms with Crippen LogP contribution in [0.3, 0.4) is 0 Å². The molecule has 5 heteroatoms. The van der Waals surface area contributed by atoms with Gasteiger partial charge in [0, 0.05) is 18.4 Å². The van der Waals surface area contributed by atoms with Gasteiger partial charge in [0.2, 0.25) is 5.91 Å². The quantitative estimate of drug-likeness (QED) is 0.652. The number of fused-ring (bicyclic) bond motifs is 2. The number of rotatable bonds is 4. The lowest BCUT2D eigenvalue weighted by atomic mass is 9.59. The summed E-state index contributed by atoms with van der Waals surface area (Å²) in [6, 6.07) is 23.9. The largest absolute Gasteiger partial charge is 0.354 e. The SMILES string of the molecule is O=C(CN1C(=O)c2ccccc2C1=O)NCC1CC2c3ccccc3C1c1ccccc12. The first-order chi connectivity index (χ1) is 15.6. The van der Waals surface area contributed by atoms with Crippen LogP contribution < -0.4 is 5.32 Å². The molecule has 1 aliphatic heterocycles. The second-order valence-corrected chi connectivity index (χ2v) is 8.83. The van der Waals surface area contributed by atoms with Crippen molar-refractivity contribution in [3.05, 3.63) is 106 Å². The Morgan fingerprint density at radius 1 is 0.781 bits per heavy atom. The van der Waals surface area contributed by atoms with E-state index in [4.69, 9.17) is 0 Å². The molecule has 1 atom stereocenters. The molecule has 3 aromatic carbocycles. The summed E-state index contributed by atoms with van der Waals surface area (Å²) >= 11 is 0. The first-order valence-electron chi connectivity index (χ1n) is 11.0. The van der Waals surface area contributed by atoms with Crippen molar-refractivity contribution in [3.63, 3.8) is 0 Å². The van der Waals surface area contributed by atoms with E-state index in [1.807, 2.05) is 0 Å². The summed E-state index contributed by atoms with van der Waals surface area (Å²) < 4.78 is 0. The van der Waals surface area contributed by atoms with E-state index in [2.05, 4.69) is 53.8 Å². The number of carbonyl (C=O) groups is 3. The summed E-state index contributed by atoms with van der Waals surface area (Å²) in [5, 5.41) is 3.01. The molecule has 0 saturated carbocycles. The minimum Gasteiger partial charge on any atom is -0.354 e. The second kappa shape index (κ2) is 7.16. The Morgan fingerprint density at radius 3 is 1.84 bits per heavy atom. The molecule has 0 aromatic heterocycles. The Bertz CT molecular complexity index is 1200. The van der Waals surface area contributed by atoms with Crippen LogP contribution in [0.25, 0.3) is 0 Å². The lowest BCUT2D eigenvalue weighted by Gasteiger charge is -2.45. The van der Waals surface area contributed by atoms with Crippen LogP contribution in [0, 0.1) is 5.92 Å². The summed E-state index contributed by atoms with van der Waals surface area (Å²) in [6.07, 6.45) is 0.978. The van der Waals surface area contributed by atoms with Crippen molar-refractivity contribution >= 4 is 17.7 Å². The average Bonchev–Trinajstić information content (AvgIpc) is 3.08. The van der Waals surface area contributed by atoms with Crippen molar-refractivity contribution in [2.24, 2.45) is 5.92 Å². The van der Waals surface area contributed by atoms with E-state index in [9.17, 15) is 14.4 Å². The summed E-state index contributed by atoms with van der Waals surface area (Å²) in [5.74, 6) is -0.253. The van der Waals surface area contributed by atoms with E-state index in [-0.39, 0.29) is 24.3 Å². The third kappa shape index (κ3) is 2.74. The molecule has 158 valence electrons. The van der Waals surface area contributed by atoms with Crippen molar-refractivity contribution in [2.75, 3.05) is 13.1 Å². The third-order valence-electron chi connectivity index (χ3n) is 7.16. The topological polar surface area (TPSA) is 66.5 Å². The smallest absolute Gasteiger partial charge is 0.262 e. The van der Waals surface area contributed by atoms with Crippen molar-refractivity contribution in [2.45, 2.75) is 18.3 Å². The number of nitrogens with zero attached hydrogens (tertiary/aromatic N) is 1. The summed E-state index contributed by atoms with van der Waals surface area (Å²) in [4.78, 5) is 38.9. The molecule has 32 heavy (non-hydrogen) atoms. The lowest BCUT2D eigenvalue weighted by Crippen LogP contribution is -2.44. The molecule has 3 amide bonds. The summed E-state index contributed by atoms with van der Waals surface area (Å²) in [6.45, 7) is 0.270. The average molecular weight is 422 g/mol. The molecule has 2 bridgehead atoms. The highest BCUT2D eigenvalue weighted by atomic mass is 16.2. The van der Waals surface area contributed by atoms with Crippen LogP contribution in [0.1, 0.15) is 61.2 Å². The zero-order valence-corrected chi connectivity index (χ0v) is 17.5. The standard InChI is InChI=1S/C27H22N2O3/c30-24(15-29-26(31)21-11-5-6-12-22(21)27(29)32)28-14-16-13-23-17-7-1-3-9-19(17)25(16)20-10-4-2-8-18(20)23/h1-12,16,23,25H,13-15H2,(H,28,30). The van der Waals surface area contributed by atoms with Gasteiger partial charge in [-0.2, -0.15) is 0 Å². The number of nitrogens with one attached hydrogen (secondary N) is 1. The molecule has 1 N–H and O–H groups in total. The number of hydrogen-bond donors (Lipinski definition) is 1. The van der Waals surface area contributed by atoms with Crippen LogP contribution in [0.2, 0.25) is 0 Å². The van der Waals surface area contributed by atoms with Gasteiger partial charge in [-0.05, 0) is 46.7 Å². The van der Waals surface area contributed by atoms with Crippen molar-refractivity contribution < 1.29 is 14.4 Å². The van der Waals surface area contributed by atoms with Gasteiger partial charge >= 0.3 is 0 Å². The molecule has 7 rings (SSSR count). The van der Waals surface area contributed by atoms with Gasteiger partial charge in [-0.1, -0.05) is 60.7 Å². The molecule has 0 fully saturated rings. The van der Waals surface area contributed by atoms with E-state index in [0.717, 1.165) is 11.3 Å². The predicted molar refractivity (Wildman–Crippen MR) is 119 cm³/mol. The van der Waals surface area contributed by atoms with Crippen LogP contribution in [0.5, 0.6) is 0 Å². The Balaban J connectivity index is 1.19. The molecule has 0 radical (unpaired) electrons. The minimum absolute atomic E-state index is 0.243. The molecular weight excluding hydrogens is 400 g/mol. The number of carbonyl (C=O) groups excluding carboxylic acids is 3. The van der Waals surface area contributed by atoms with E-state index in [0.29, 0.717) is 23.6 Å². The predicted octanol–water partition coefficient (Wildman–Crippen LogP) is 3.70. The second-order valence-electron chi connectivity index (χ2n) is 8.83. The van der Waals surface area contributed by atoms with Crippen LogP contribution in [0.4, 0.5) is 0 Å². The molecule has 1 unspecified atom stereocenters. The van der Waals surface area contributed by atoms with Gasteiger partial charge in [0.25, 0.3) is 11.8 Å². The highest BCUT2D eigenvalue weighted by Crippen LogP contribution is 2.55. The van der Waals surface area contributed by atoms with Gasteiger partial charge in [-0.3, -0.25) is 19.3 Å². The Morgan fingerprint density at radius 2 is 1.28 bits per heavy atom. The first kappa shape index (κ1) is 19.0. The molecule has 1 heterocycles. The molecule has 3 aromatic rings. The van der Waals surface area contributed by atoms with Gasteiger partial charge < -0.3 is 5.32 Å². The van der Waals surface area contributed by atoms with Gasteiger partial charge in [-0.15, -0.1) is 0 Å². The van der Waals surface area contributed by atoms with E-state index >= 15 is 0 Å². The van der Waals surface area contributed by atoms with Crippen molar-refractivity contribution in [3.8, 4) is 0 Å². The van der Waals surface area contributed by atoms with Gasteiger partial charge in [-0.25, -0.2) is 0 Å². The normalized spacial score (nSPS) is 22.4. The van der Waals surface area contributed by atoms with Crippen molar-refractivity contribution in [1.29, 1.82) is 0 Å². The van der Waals surface area contributed by atoms with E-state index < -0.39 is 11.8 Å². The summed E-state index contributed by atoms with van der Waals surface area (Å²) in [7, 11) is 0. The highest BCUT2D eigenvalue weighted by molar-refractivity contribution is 6.22. The van der Waals surface area contributed by atoms with Gasteiger partial charge in [0.1, 0.15) is 6.54 Å². The fraction of sp³-hybridized carbons (Fsp3) is 0.222. The van der Waals surface area contributed by atoms with Crippen LogP contribution >= 0.6 is 0 Å². The van der Waals surface area contributed by atoms with Crippen LogP contribution in [-0.4, -0.2) is 35.7 Å². The zero-order valence-electron chi connectivity index (χ0n) is 17.5. The Labute approximate surface area is 186 Å². The molecular formula is C27H22N2O3. The summed E-state index contributed by atoms with van der Waals surface area (Å²) in [5.41, 5.74) is 6.21. The first-order valence-corrected chi connectivity index (χ1v) is 11.0. The molecule has 3 aliphatic carbocycles. The molecule has 0 spiro atoms. The maximum atomic E-state index is 12.7. The Hall–Kier alpha value is -3.73. The fourth-order valence-electron chi connectivity index (χ4n) is 5.79. The maximum absolute atomic E-state index is 12.7. The van der Waals surface area contributed by atoms with Crippen LogP contribution in [-0.2, 0) is 4.79 Å². The zero-order chi connectivity index (χ0) is 21.8. The van der Waals surface area contributed by atoms with Gasteiger partial charge in [0.05, 0.1) is 11.1 Å². The van der Waals surface area contributed by atoms with Crippen LogP contribution in [0.15, 0.2) is 72.8 Å². The third-order valence-corrected chi connectivity index (χ3v) is 7.16. The number of benzene rings is 3. The lowest BCUT2D eigenvalue weighted by molar-refractivity contribution is -0.121. The van der Waals surface area contributed by atoms with Crippen molar-refractivity contribution in [1.82, 2.24) is 10.2 Å². The minimum atomic E-state index is -0.402. The fourth-order valence-corrected chi connectivity index (χ4v) is 5.79. The highest BCUT2D eigenvalue weighted by Gasteiger charge is 2.43. The number of amides is 3. The van der Waals surface area contributed by atoms with E-state index in [1.165, 1.54) is 22.3 Å². The monoisotopic (exact) mass is 422 g/mol. The maximum Gasteiger partial charge on any atom is 0.262 e. The molecule has 0 saturated heterocycles. The Kier molecular flexibility index (Phi) is 4.25.